The number of hydrogen-bond acceptors (Lipinski definition) is 6. The van der Waals surface area contributed by atoms with Gasteiger partial charge >= 0.3 is 0 Å². The van der Waals surface area contributed by atoms with Crippen LogP contribution < -0.4 is 25.0 Å². The molecule has 0 aliphatic carbocycles. The smallest absolute Gasteiger partial charge is 0.195 e. The molecule has 0 bridgehead atoms. The highest BCUT2D eigenvalue weighted by Gasteiger charge is 2.17. The van der Waals surface area contributed by atoms with E-state index >= 15 is 0 Å². The van der Waals surface area contributed by atoms with Crippen LogP contribution in [0.3, 0.4) is 0 Å². The van der Waals surface area contributed by atoms with Gasteiger partial charge in [0.25, 0.3) is 0 Å². The Kier molecular flexibility index (Phi) is 7.13. The molecule has 1 aromatic heterocycles. The van der Waals surface area contributed by atoms with Crippen LogP contribution in [0.25, 0.3) is 0 Å². The lowest BCUT2D eigenvalue weighted by molar-refractivity contribution is 0.0529. The second kappa shape index (κ2) is 9.97. The molecule has 1 aromatic carbocycles. The zero-order valence-electron chi connectivity index (χ0n) is 17.4. The minimum Gasteiger partial charge on any atom is -0.493 e. The lowest BCUT2D eigenvalue weighted by Crippen LogP contribution is -2.41. The van der Waals surface area contributed by atoms with Gasteiger partial charge in [-0.3, -0.25) is 4.99 Å². The number of morpholine rings is 1. The Labute approximate surface area is 171 Å². The van der Waals surface area contributed by atoms with Crippen LogP contribution in [0.2, 0.25) is 0 Å². The molecule has 3 rings (SSSR count). The van der Waals surface area contributed by atoms with Gasteiger partial charge in [-0.05, 0) is 30.7 Å². The standard InChI is InChI=1S/C21H29N5O3/c1-15-14-26(9-10-29-15)20-8-5-16(12-23-20)13-24-21(22-2)25-17-6-7-18(27-3)19(11-17)28-4/h5-8,11-12,15H,9-10,13-14H2,1-4H3,(H2,22,24,25). The number of anilines is 2. The quantitative estimate of drug-likeness (QED) is 0.571. The first-order valence-corrected chi connectivity index (χ1v) is 9.64. The van der Waals surface area contributed by atoms with Crippen LogP contribution in [-0.4, -0.2) is 58.0 Å². The van der Waals surface area contributed by atoms with Crippen molar-refractivity contribution in [2.75, 3.05) is 51.2 Å². The number of rotatable bonds is 6. The minimum atomic E-state index is 0.234. The number of aromatic nitrogens is 1. The van der Waals surface area contributed by atoms with E-state index in [1.807, 2.05) is 24.4 Å². The monoisotopic (exact) mass is 399 g/mol. The molecule has 8 heteroatoms. The van der Waals surface area contributed by atoms with Gasteiger partial charge in [0, 0.05) is 44.6 Å². The maximum absolute atomic E-state index is 5.59. The largest absolute Gasteiger partial charge is 0.493 e. The minimum absolute atomic E-state index is 0.234. The Morgan fingerprint density at radius 1 is 1.24 bits per heavy atom. The van der Waals surface area contributed by atoms with Gasteiger partial charge in [-0.1, -0.05) is 6.07 Å². The Hall–Kier alpha value is -3.00. The number of nitrogens with zero attached hydrogens (tertiary/aromatic N) is 3. The zero-order chi connectivity index (χ0) is 20.6. The third-order valence-electron chi connectivity index (χ3n) is 4.70. The molecule has 2 N–H and O–H groups in total. The SMILES string of the molecule is CN=C(NCc1ccc(N2CCOC(C)C2)nc1)Nc1ccc(OC)c(OC)c1. The van der Waals surface area contributed by atoms with Crippen LogP contribution in [0.4, 0.5) is 11.5 Å². The normalized spacial score (nSPS) is 17.0. The lowest BCUT2D eigenvalue weighted by Gasteiger charge is -2.32. The van der Waals surface area contributed by atoms with Crippen LogP contribution in [0, 0.1) is 0 Å². The van der Waals surface area contributed by atoms with Gasteiger partial charge in [0.2, 0.25) is 0 Å². The van der Waals surface area contributed by atoms with E-state index in [-0.39, 0.29) is 6.10 Å². The fraction of sp³-hybridized carbons (Fsp3) is 0.429. The molecule has 0 saturated carbocycles. The number of nitrogens with one attached hydrogen (secondary N) is 2. The van der Waals surface area contributed by atoms with Crippen molar-refractivity contribution in [1.82, 2.24) is 10.3 Å². The topological polar surface area (TPSA) is 80.2 Å². The van der Waals surface area contributed by atoms with E-state index < -0.39 is 0 Å². The predicted molar refractivity (Wildman–Crippen MR) is 115 cm³/mol. The number of benzene rings is 1. The van der Waals surface area contributed by atoms with E-state index in [1.54, 1.807) is 21.3 Å². The van der Waals surface area contributed by atoms with Crippen LogP contribution >= 0.6 is 0 Å². The molecule has 1 unspecified atom stereocenters. The molecule has 1 fully saturated rings. The number of aliphatic imine (C=N–C) groups is 1. The summed E-state index contributed by atoms with van der Waals surface area (Å²) in [7, 11) is 4.96. The highest BCUT2D eigenvalue weighted by atomic mass is 16.5. The highest BCUT2D eigenvalue weighted by molar-refractivity contribution is 5.93. The summed E-state index contributed by atoms with van der Waals surface area (Å²) in [6.45, 7) is 5.18. The molecule has 0 radical (unpaired) electrons. The van der Waals surface area contributed by atoms with E-state index in [4.69, 9.17) is 14.2 Å². The van der Waals surface area contributed by atoms with Crippen molar-refractivity contribution in [2.24, 2.45) is 4.99 Å². The van der Waals surface area contributed by atoms with Crippen LogP contribution in [0.5, 0.6) is 11.5 Å². The zero-order valence-corrected chi connectivity index (χ0v) is 17.4. The van der Waals surface area contributed by atoms with Gasteiger partial charge in [-0.25, -0.2) is 4.98 Å². The predicted octanol–water partition coefficient (Wildman–Crippen LogP) is 2.51. The lowest BCUT2D eigenvalue weighted by atomic mass is 10.2. The Morgan fingerprint density at radius 3 is 2.72 bits per heavy atom. The van der Waals surface area contributed by atoms with Crippen molar-refractivity contribution in [1.29, 1.82) is 0 Å². The first kappa shape index (κ1) is 20.7. The van der Waals surface area contributed by atoms with Crippen molar-refractivity contribution in [3.63, 3.8) is 0 Å². The summed E-state index contributed by atoms with van der Waals surface area (Å²) in [5.41, 5.74) is 1.93. The van der Waals surface area contributed by atoms with Crippen LogP contribution in [0.15, 0.2) is 41.5 Å². The molecule has 1 aliphatic rings. The van der Waals surface area contributed by atoms with Crippen molar-refractivity contribution >= 4 is 17.5 Å². The molecule has 2 heterocycles. The summed E-state index contributed by atoms with van der Waals surface area (Å²) >= 11 is 0. The van der Waals surface area contributed by atoms with Gasteiger partial charge in [0.1, 0.15) is 5.82 Å². The van der Waals surface area contributed by atoms with Gasteiger partial charge in [-0.2, -0.15) is 0 Å². The summed E-state index contributed by atoms with van der Waals surface area (Å²) < 4.78 is 16.2. The number of ether oxygens (including phenoxy) is 3. The summed E-state index contributed by atoms with van der Waals surface area (Å²) in [4.78, 5) is 11.1. The molecule has 1 atom stereocenters. The number of guanidine groups is 1. The Balaban J connectivity index is 1.57. The van der Waals surface area contributed by atoms with Crippen molar-refractivity contribution in [3.05, 3.63) is 42.1 Å². The number of pyridine rings is 1. The average Bonchev–Trinajstić information content (AvgIpc) is 2.76. The molecular weight excluding hydrogens is 370 g/mol. The average molecular weight is 399 g/mol. The molecule has 8 nitrogen and oxygen atoms in total. The van der Waals surface area contributed by atoms with Crippen LogP contribution in [0.1, 0.15) is 12.5 Å². The maximum Gasteiger partial charge on any atom is 0.195 e. The van der Waals surface area contributed by atoms with Crippen molar-refractivity contribution in [3.8, 4) is 11.5 Å². The van der Waals surface area contributed by atoms with Crippen molar-refractivity contribution < 1.29 is 14.2 Å². The molecule has 29 heavy (non-hydrogen) atoms. The second-order valence-corrected chi connectivity index (χ2v) is 6.77. The van der Waals surface area contributed by atoms with E-state index in [2.05, 4.69) is 44.6 Å². The Bertz CT molecular complexity index is 826. The van der Waals surface area contributed by atoms with Gasteiger partial charge in [0.05, 0.1) is 26.9 Å². The second-order valence-electron chi connectivity index (χ2n) is 6.77. The molecule has 0 amide bonds. The highest BCUT2D eigenvalue weighted by Crippen LogP contribution is 2.29. The van der Waals surface area contributed by atoms with Crippen LogP contribution in [-0.2, 0) is 11.3 Å². The Morgan fingerprint density at radius 2 is 2.07 bits per heavy atom. The molecule has 1 aliphatic heterocycles. The first-order valence-electron chi connectivity index (χ1n) is 9.64. The summed E-state index contributed by atoms with van der Waals surface area (Å²) in [5, 5.41) is 6.55. The fourth-order valence-electron chi connectivity index (χ4n) is 3.15. The van der Waals surface area contributed by atoms with Gasteiger partial charge < -0.3 is 29.7 Å². The third kappa shape index (κ3) is 5.51. The van der Waals surface area contributed by atoms with Gasteiger partial charge in [0.15, 0.2) is 17.5 Å². The summed E-state index contributed by atoms with van der Waals surface area (Å²) in [6, 6.07) is 9.77. The maximum atomic E-state index is 5.59. The van der Waals surface area contributed by atoms with E-state index in [0.29, 0.717) is 24.0 Å². The van der Waals surface area contributed by atoms with Crippen molar-refractivity contribution in [2.45, 2.75) is 19.6 Å². The molecule has 156 valence electrons. The first-order chi connectivity index (χ1) is 14.1. The van der Waals surface area contributed by atoms with E-state index in [1.165, 1.54) is 0 Å². The third-order valence-corrected chi connectivity index (χ3v) is 4.70. The summed E-state index contributed by atoms with van der Waals surface area (Å²) in [5.74, 6) is 2.98. The molecule has 2 aromatic rings. The van der Waals surface area contributed by atoms with Gasteiger partial charge in [-0.15, -0.1) is 0 Å². The van der Waals surface area contributed by atoms with E-state index in [0.717, 1.165) is 36.8 Å². The molecule has 1 saturated heterocycles. The molecule has 0 spiro atoms. The van der Waals surface area contributed by atoms with E-state index in [9.17, 15) is 0 Å². The molecular formula is C21H29N5O3. The number of methoxy groups -OCH3 is 2. The fourth-order valence-corrected chi connectivity index (χ4v) is 3.15. The summed E-state index contributed by atoms with van der Waals surface area (Å²) in [6.07, 6.45) is 2.13. The number of hydrogen-bond donors (Lipinski definition) is 2.